The smallest absolute Gasteiger partial charge is 0.273 e. The Morgan fingerprint density at radius 3 is 2.63 bits per heavy atom. The van der Waals surface area contributed by atoms with Crippen LogP contribution >= 0.6 is 0 Å². The maximum absolute atomic E-state index is 10.9. The molecule has 6 heteroatoms. The van der Waals surface area contributed by atoms with E-state index >= 15 is 0 Å². The van der Waals surface area contributed by atoms with Gasteiger partial charge in [-0.05, 0) is 25.3 Å². The molecule has 19 heavy (non-hydrogen) atoms. The fraction of sp³-hybridized carbons (Fsp3) is 0.538. The predicted octanol–water partition coefficient (Wildman–Crippen LogP) is 2.24. The highest BCUT2D eigenvalue weighted by Crippen LogP contribution is 2.26. The highest BCUT2D eigenvalue weighted by atomic mass is 16.6. The van der Waals surface area contributed by atoms with Gasteiger partial charge in [0.05, 0.1) is 4.92 Å². The van der Waals surface area contributed by atoms with Gasteiger partial charge in [-0.3, -0.25) is 10.1 Å². The van der Waals surface area contributed by atoms with Crippen LogP contribution in [-0.2, 0) is 0 Å². The first-order valence-corrected chi connectivity index (χ1v) is 6.37. The van der Waals surface area contributed by atoms with E-state index in [2.05, 4.69) is 5.32 Å². The lowest BCUT2D eigenvalue weighted by Crippen LogP contribution is -2.18. The van der Waals surface area contributed by atoms with E-state index in [0.717, 1.165) is 37.2 Å². The zero-order valence-corrected chi connectivity index (χ0v) is 11.4. The number of hydrogen-bond acceptors (Lipinski definition) is 5. The van der Waals surface area contributed by atoms with Gasteiger partial charge in [0.25, 0.3) is 5.69 Å². The quantitative estimate of drug-likeness (QED) is 0.429. The molecular weight excluding hydrogens is 246 g/mol. The highest BCUT2D eigenvalue weighted by Gasteiger charge is 2.11. The number of non-ortho nitro benzene ring substituents is 1. The third-order valence-electron chi connectivity index (χ3n) is 2.99. The molecule has 1 aromatic carbocycles. The molecule has 0 aliphatic rings. The number of aliphatic hydroxyl groups is 1. The summed E-state index contributed by atoms with van der Waals surface area (Å²) in [5.41, 5.74) is 1.64. The van der Waals surface area contributed by atoms with Crippen molar-refractivity contribution in [3.8, 4) is 0 Å². The average Bonchev–Trinajstić information content (AvgIpc) is 2.42. The molecular formula is C13H21N3O3. The topological polar surface area (TPSA) is 78.6 Å². The molecule has 0 amide bonds. The minimum absolute atomic E-state index is 0.0871. The first-order chi connectivity index (χ1) is 9.08. The molecule has 106 valence electrons. The summed E-state index contributed by atoms with van der Waals surface area (Å²) in [4.78, 5) is 12.5. The number of hydrogen-bond donors (Lipinski definition) is 2. The molecule has 0 saturated heterocycles. The molecule has 0 spiro atoms. The molecule has 6 nitrogen and oxygen atoms in total. The highest BCUT2D eigenvalue weighted by molar-refractivity contribution is 5.64. The monoisotopic (exact) mass is 267 g/mol. The molecule has 0 unspecified atom stereocenters. The minimum Gasteiger partial charge on any atom is -0.396 e. The number of nitrogens with one attached hydrogen (secondary N) is 1. The molecule has 0 aliphatic carbocycles. The largest absolute Gasteiger partial charge is 0.396 e. The zero-order valence-electron chi connectivity index (χ0n) is 11.4. The van der Waals surface area contributed by atoms with E-state index in [9.17, 15) is 10.1 Å². The van der Waals surface area contributed by atoms with Crippen molar-refractivity contribution in [1.29, 1.82) is 0 Å². The second kappa shape index (κ2) is 7.58. The molecule has 2 N–H and O–H groups in total. The van der Waals surface area contributed by atoms with Crippen molar-refractivity contribution < 1.29 is 10.0 Å². The number of benzene rings is 1. The Balaban J connectivity index is 2.74. The number of unbranched alkanes of at least 4 members (excludes halogenated alkanes) is 2. The number of nitro benzene ring substituents is 1. The fourth-order valence-electron chi connectivity index (χ4n) is 1.83. The summed E-state index contributed by atoms with van der Waals surface area (Å²) in [6.45, 7) is 1.02. The van der Waals surface area contributed by atoms with Gasteiger partial charge >= 0.3 is 0 Å². The van der Waals surface area contributed by atoms with Gasteiger partial charge in [-0.25, -0.2) is 0 Å². The van der Waals surface area contributed by atoms with Crippen LogP contribution in [0.3, 0.4) is 0 Å². The number of anilines is 2. The number of rotatable bonds is 8. The Labute approximate surface area is 113 Å². The summed E-state index contributed by atoms with van der Waals surface area (Å²) < 4.78 is 0. The summed E-state index contributed by atoms with van der Waals surface area (Å²) in [5.74, 6) is 0. The van der Waals surface area contributed by atoms with Crippen molar-refractivity contribution in [1.82, 2.24) is 0 Å². The Morgan fingerprint density at radius 1 is 1.32 bits per heavy atom. The van der Waals surface area contributed by atoms with Gasteiger partial charge in [0.15, 0.2) is 0 Å². The van der Waals surface area contributed by atoms with E-state index in [1.165, 1.54) is 6.07 Å². The van der Waals surface area contributed by atoms with Gasteiger partial charge < -0.3 is 15.3 Å². The van der Waals surface area contributed by atoms with Crippen LogP contribution in [0.15, 0.2) is 18.2 Å². The van der Waals surface area contributed by atoms with Crippen molar-refractivity contribution in [3.63, 3.8) is 0 Å². The lowest BCUT2D eigenvalue weighted by atomic mass is 10.2. The van der Waals surface area contributed by atoms with Crippen molar-refractivity contribution >= 4 is 17.1 Å². The van der Waals surface area contributed by atoms with Crippen LogP contribution in [0.25, 0.3) is 0 Å². The minimum atomic E-state index is -0.385. The van der Waals surface area contributed by atoms with Crippen LogP contribution in [0.4, 0.5) is 17.1 Å². The van der Waals surface area contributed by atoms with E-state index in [0.29, 0.717) is 0 Å². The summed E-state index contributed by atoms with van der Waals surface area (Å²) >= 11 is 0. The molecule has 0 bridgehead atoms. The van der Waals surface area contributed by atoms with Gasteiger partial charge in [0, 0.05) is 50.8 Å². The van der Waals surface area contributed by atoms with E-state index in [4.69, 9.17) is 5.11 Å². The standard InChI is InChI=1S/C13H21N3O3/c1-14-11-8-12(10-13(9-11)16(18)19)15(2)6-4-3-5-7-17/h8-10,14,17H,3-7H2,1-2H3. The SMILES string of the molecule is CNc1cc(N(C)CCCCCO)cc([N+](=O)[O-])c1. The molecule has 0 atom stereocenters. The molecule has 0 saturated carbocycles. The second-order valence-corrected chi connectivity index (χ2v) is 4.45. The van der Waals surface area contributed by atoms with Gasteiger partial charge in [-0.2, -0.15) is 0 Å². The van der Waals surface area contributed by atoms with E-state index < -0.39 is 0 Å². The molecule has 1 rings (SSSR count). The third kappa shape index (κ3) is 4.75. The van der Waals surface area contributed by atoms with Crippen LogP contribution < -0.4 is 10.2 Å². The maximum atomic E-state index is 10.9. The Hall–Kier alpha value is -1.82. The molecule has 0 fully saturated rings. The normalized spacial score (nSPS) is 10.3. The van der Waals surface area contributed by atoms with E-state index in [-0.39, 0.29) is 17.2 Å². The lowest BCUT2D eigenvalue weighted by molar-refractivity contribution is -0.384. The summed E-state index contributed by atoms with van der Waals surface area (Å²) in [6.07, 6.45) is 2.70. The van der Waals surface area contributed by atoms with Crippen LogP contribution in [0.1, 0.15) is 19.3 Å². The maximum Gasteiger partial charge on any atom is 0.273 e. The molecule has 0 heterocycles. The summed E-state index contributed by atoms with van der Waals surface area (Å²) in [7, 11) is 3.65. The Kier molecular flexibility index (Phi) is 6.08. The third-order valence-corrected chi connectivity index (χ3v) is 2.99. The number of nitrogens with zero attached hydrogens (tertiary/aromatic N) is 2. The first-order valence-electron chi connectivity index (χ1n) is 6.37. The van der Waals surface area contributed by atoms with E-state index in [1.807, 2.05) is 18.0 Å². The van der Waals surface area contributed by atoms with Crippen molar-refractivity contribution in [2.24, 2.45) is 0 Å². The van der Waals surface area contributed by atoms with Crippen LogP contribution in [0.5, 0.6) is 0 Å². The van der Waals surface area contributed by atoms with Crippen LogP contribution in [0.2, 0.25) is 0 Å². The Bertz CT molecular complexity index is 424. The second-order valence-electron chi connectivity index (χ2n) is 4.45. The van der Waals surface area contributed by atoms with Gasteiger partial charge in [-0.15, -0.1) is 0 Å². The molecule has 1 aromatic rings. The number of aliphatic hydroxyl groups excluding tert-OH is 1. The lowest BCUT2D eigenvalue weighted by Gasteiger charge is -2.19. The van der Waals surface area contributed by atoms with Gasteiger partial charge in [0.1, 0.15) is 0 Å². The predicted molar refractivity (Wildman–Crippen MR) is 76.8 cm³/mol. The van der Waals surface area contributed by atoms with E-state index in [1.54, 1.807) is 13.1 Å². The summed E-state index contributed by atoms with van der Waals surface area (Å²) in [5, 5.41) is 22.5. The van der Waals surface area contributed by atoms with Crippen molar-refractivity contribution in [2.45, 2.75) is 19.3 Å². The van der Waals surface area contributed by atoms with Crippen LogP contribution in [0, 0.1) is 10.1 Å². The van der Waals surface area contributed by atoms with Crippen molar-refractivity contribution in [3.05, 3.63) is 28.3 Å². The molecule has 0 radical (unpaired) electrons. The zero-order chi connectivity index (χ0) is 14.3. The number of nitro groups is 1. The van der Waals surface area contributed by atoms with Crippen LogP contribution in [-0.4, -0.2) is 37.3 Å². The Morgan fingerprint density at radius 2 is 2.05 bits per heavy atom. The first kappa shape index (κ1) is 15.2. The van der Waals surface area contributed by atoms with Gasteiger partial charge in [-0.1, -0.05) is 0 Å². The van der Waals surface area contributed by atoms with Gasteiger partial charge in [0.2, 0.25) is 0 Å². The van der Waals surface area contributed by atoms with Crippen molar-refractivity contribution in [2.75, 3.05) is 37.5 Å². The summed E-state index contributed by atoms with van der Waals surface area (Å²) in [6, 6.07) is 4.98. The fourth-order valence-corrected chi connectivity index (χ4v) is 1.83. The molecule has 0 aliphatic heterocycles. The average molecular weight is 267 g/mol. The molecule has 0 aromatic heterocycles.